The summed E-state index contributed by atoms with van der Waals surface area (Å²) in [5, 5.41) is 3.30. The number of hydrogen-bond donors (Lipinski definition) is 1. The predicted octanol–water partition coefficient (Wildman–Crippen LogP) is 0.897. The topological polar surface area (TPSA) is 38.4 Å². The second-order valence-electron chi connectivity index (χ2n) is 1.20. The maximum absolute atomic E-state index is 4.80. The molecule has 0 aliphatic heterocycles. The van der Waals surface area contributed by atoms with Crippen LogP contribution in [0.2, 0.25) is 0 Å². The van der Waals surface area contributed by atoms with Gasteiger partial charge in [-0.2, -0.15) is 5.10 Å². The van der Waals surface area contributed by atoms with Gasteiger partial charge in [-0.1, -0.05) is 6.08 Å². The zero-order valence-corrected chi connectivity index (χ0v) is 4.30. The molecule has 2 nitrogen and oxygen atoms in total. The van der Waals surface area contributed by atoms with E-state index < -0.39 is 0 Å². The highest BCUT2D eigenvalue weighted by Crippen LogP contribution is 1.81. The molecule has 0 saturated carbocycles. The van der Waals surface area contributed by atoms with E-state index in [0.717, 1.165) is 12.8 Å². The maximum atomic E-state index is 4.80. The molecule has 0 aromatic rings. The van der Waals surface area contributed by atoms with E-state index in [-0.39, 0.29) is 0 Å². The third-order valence-electron chi connectivity index (χ3n) is 0.605. The highest BCUT2D eigenvalue weighted by molar-refractivity contribution is 5.56. The van der Waals surface area contributed by atoms with Crippen molar-refractivity contribution in [2.24, 2.45) is 10.9 Å². The number of hydrogen-bond acceptors (Lipinski definition) is 2. The third kappa shape index (κ3) is 5.21. The van der Waals surface area contributed by atoms with E-state index in [2.05, 4.69) is 11.7 Å². The van der Waals surface area contributed by atoms with Crippen molar-refractivity contribution in [1.82, 2.24) is 0 Å². The lowest BCUT2D eigenvalue weighted by Crippen LogP contribution is -1.80. The number of rotatable bonds is 3. The lowest BCUT2D eigenvalue weighted by atomic mass is 10.3. The van der Waals surface area contributed by atoms with Crippen molar-refractivity contribution < 1.29 is 0 Å². The Hall–Kier alpha value is -0.790. The van der Waals surface area contributed by atoms with E-state index in [1.54, 1.807) is 6.21 Å². The quantitative estimate of drug-likeness (QED) is 0.184. The SMILES string of the molecule is C=CCC/C=N\N. The zero-order valence-electron chi connectivity index (χ0n) is 4.30. The van der Waals surface area contributed by atoms with E-state index in [4.69, 9.17) is 5.84 Å². The van der Waals surface area contributed by atoms with Crippen LogP contribution in [0.15, 0.2) is 17.8 Å². The summed E-state index contributed by atoms with van der Waals surface area (Å²) in [4.78, 5) is 0. The van der Waals surface area contributed by atoms with E-state index in [1.165, 1.54) is 0 Å². The normalized spacial score (nSPS) is 9.71. The smallest absolute Gasteiger partial charge is 0.0243 e. The van der Waals surface area contributed by atoms with E-state index in [9.17, 15) is 0 Å². The second kappa shape index (κ2) is 5.21. The van der Waals surface area contributed by atoms with Crippen LogP contribution in [0.25, 0.3) is 0 Å². The Morgan fingerprint density at radius 2 is 2.29 bits per heavy atom. The van der Waals surface area contributed by atoms with E-state index in [1.807, 2.05) is 6.08 Å². The van der Waals surface area contributed by atoms with Gasteiger partial charge in [0.1, 0.15) is 0 Å². The molecule has 0 fully saturated rings. The molecule has 0 rings (SSSR count). The molecule has 0 bridgehead atoms. The number of nitrogens with zero attached hydrogens (tertiary/aromatic N) is 1. The van der Waals surface area contributed by atoms with Crippen molar-refractivity contribution in [3.05, 3.63) is 12.7 Å². The third-order valence-corrected chi connectivity index (χ3v) is 0.605. The second-order valence-corrected chi connectivity index (χ2v) is 1.20. The molecular weight excluding hydrogens is 88.1 g/mol. The molecule has 0 aliphatic rings. The van der Waals surface area contributed by atoms with Gasteiger partial charge in [0.15, 0.2) is 0 Å². The molecule has 0 aromatic heterocycles. The Bertz CT molecular complexity index is 66.5. The van der Waals surface area contributed by atoms with Crippen LogP contribution in [0.5, 0.6) is 0 Å². The lowest BCUT2D eigenvalue weighted by molar-refractivity contribution is 1.10. The van der Waals surface area contributed by atoms with Crippen LogP contribution >= 0.6 is 0 Å². The van der Waals surface area contributed by atoms with Gasteiger partial charge in [-0.3, -0.25) is 0 Å². The standard InChI is InChI=1S/C5H10N2/c1-2-3-4-5-7-6/h2,5H,1,3-4,6H2/b7-5-. The Labute approximate surface area is 43.7 Å². The van der Waals surface area contributed by atoms with Crippen LogP contribution < -0.4 is 5.84 Å². The summed E-state index contributed by atoms with van der Waals surface area (Å²) in [7, 11) is 0. The Morgan fingerprint density at radius 3 is 2.71 bits per heavy atom. The zero-order chi connectivity index (χ0) is 5.54. The fraction of sp³-hybridized carbons (Fsp3) is 0.400. The summed E-state index contributed by atoms with van der Waals surface area (Å²) >= 11 is 0. The molecule has 40 valence electrons. The van der Waals surface area contributed by atoms with E-state index >= 15 is 0 Å². The van der Waals surface area contributed by atoms with Gasteiger partial charge in [-0.15, -0.1) is 6.58 Å². The largest absolute Gasteiger partial charge is 0.324 e. The first-order valence-electron chi connectivity index (χ1n) is 2.24. The first kappa shape index (κ1) is 6.21. The molecule has 0 heterocycles. The molecule has 0 saturated heterocycles. The summed E-state index contributed by atoms with van der Waals surface area (Å²) in [6.07, 6.45) is 5.37. The van der Waals surface area contributed by atoms with Crippen LogP contribution in [0.1, 0.15) is 12.8 Å². The average molecular weight is 98.1 g/mol. The molecule has 0 spiro atoms. The molecule has 0 atom stereocenters. The van der Waals surface area contributed by atoms with Gasteiger partial charge in [0.25, 0.3) is 0 Å². The Balaban J connectivity index is 2.82. The maximum Gasteiger partial charge on any atom is 0.0243 e. The van der Waals surface area contributed by atoms with Crippen LogP contribution in [0.3, 0.4) is 0 Å². The predicted molar refractivity (Wildman–Crippen MR) is 32.1 cm³/mol. The van der Waals surface area contributed by atoms with E-state index in [0.29, 0.717) is 0 Å². The fourth-order valence-electron chi connectivity index (χ4n) is 0.267. The van der Waals surface area contributed by atoms with Crippen LogP contribution in [-0.4, -0.2) is 6.21 Å². The number of allylic oxidation sites excluding steroid dienone is 1. The van der Waals surface area contributed by atoms with Crippen LogP contribution in [0, 0.1) is 0 Å². The molecule has 0 unspecified atom stereocenters. The van der Waals surface area contributed by atoms with Crippen molar-refractivity contribution in [2.45, 2.75) is 12.8 Å². The molecule has 7 heavy (non-hydrogen) atoms. The van der Waals surface area contributed by atoms with Gasteiger partial charge >= 0.3 is 0 Å². The van der Waals surface area contributed by atoms with Crippen molar-refractivity contribution in [2.75, 3.05) is 0 Å². The Kier molecular flexibility index (Phi) is 4.62. The van der Waals surface area contributed by atoms with Gasteiger partial charge in [0.2, 0.25) is 0 Å². The minimum absolute atomic E-state index is 0.903. The minimum Gasteiger partial charge on any atom is -0.324 e. The molecule has 2 N–H and O–H groups in total. The summed E-state index contributed by atoms with van der Waals surface area (Å²) < 4.78 is 0. The molecule has 0 aliphatic carbocycles. The lowest BCUT2D eigenvalue weighted by Gasteiger charge is -1.78. The number of nitrogens with two attached hydrogens (primary N) is 1. The first-order valence-corrected chi connectivity index (χ1v) is 2.24. The highest BCUT2D eigenvalue weighted by Gasteiger charge is 1.70. The van der Waals surface area contributed by atoms with Crippen molar-refractivity contribution in [1.29, 1.82) is 0 Å². The molecule has 2 heteroatoms. The van der Waals surface area contributed by atoms with Crippen LogP contribution in [0.4, 0.5) is 0 Å². The van der Waals surface area contributed by atoms with Gasteiger partial charge in [-0.25, -0.2) is 0 Å². The van der Waals surface area contributed by atoms with Crippen molar-refractivity contribution in [3.63, 3.8) is 0 Å². The van der Waals surface area contributed by atoms with Crippen molar-refractivity contribution >= 4 is 6.21 Å². The van der Waals surface area contributed by atoms with Gasteiger partial charge < -0.3 is 5.84 Å². The summed E-state index contributed by atoms with van der Waals surface area (Å²) in [6, 6.07) is 0. The highest BCUT2D eigenvalue weighted by atomic mass is 15.1. The summed E-state index contributed by atoms with van der Waals surface area (Å²) in [5.41, 5.74) is 0. The number of unbranched alkanes of at least 4 members (excludes halogenated alkanes) is 1. The summed E-state index contributed by atoms with van der Waals surface area (Å²) in [6.45, 7) is 3.53. The van der Waals surface area contributed by atoms with Gasteiger partial charge in [0, 0.05) is 6.21 Å². The monoisotopic (exact) mass is 98.1 g/mol. The molecular formula is C5H10N2. The molecule has 0 radical (unpaired) electrons. The molecule has 0 amide bonds. The first-order chi connectivity index (χ1) is 3.41. The minimum atomic E-state index is 0.903. The van der Waals surface area contributed by atoms with Gasteiger partial charge in [0.05, 0.1) is 0 Å². The molecule has 0 aromatic carbocycles. The summed E-state index contributed by atoms with van der Waals surface area (Å²) in [5.74, 6) is 4.80. The van der Waals surface area contributed by atoms with Crippen molar-refractivity contribution in [3.8, 4) is 0 Å². The fourth-order valence-corrected chi connectivity index (χ4v) is 0.267. The van der Waals surface area contributed by atoms with Crippen LogP contribution in [-0.2, 0) is 0 Å². The van der Waals surface area contributed by atoms with Gasteiger partial charge in [-0.05, 0) is 12.8 Å². The number of hydrazone groups is 1. The average Bonchev–Trinajstić information content (AvgIpc) is 1.69. The Morgan fingerprint density at radius 1 is 1.57 bits per heavy atom.